The molecule has 20 heavy (non-hydrogen) atoms. The quantitative estimate of drug-likeness (QED) is 0.594. The third kappa shape index (κ3) is 2.35. The van der Waals surface area contributed by atoms with Crippen LogP contribution in [0.2, 0.25) is 5.02 Å². The van der Waals surface area contributed by atoms with Gasteiger partial charge in [-0.15, -0.1) is 0 Å². The number of hydrogen-bond donors (Lipinski definition) is 2. The first-order valence-corrected chi connectivity index (χ1v) is 7.32. The standard InChI is InChI=1S/C16H12BrClN2/c17-12-8-9-14(11-5-2-1-4-10(11)12)20-15-7-3-6-13(18)16(15)19/h1-9,20H,19H2. The van der Waals surface area contributed by atoms with Gasteiger partial charge in [-0.25, -0.2) is 0 Å². The second-order valence-corrected chi connectivity index (χ2v) is 5.73. The van der Waals surface area contributed by atoms with Crippen molar-refractivity contribution in [3.05, 3.63) is 64.1 Å². The van der Waals surface area contributed by atoms with Gasteiger partial charge in [0, 0.05) is 15.5 Å². The number of para-hydroxylation sites is 1. The summed E-state index contributed by atoms with van der Waals surface area (Å²) >= 11 is 9.62. The van der Waals surface area contributed by atoms with Crippen molar-refractivity contribution in [1.82, 2.24) is 0 Å². The van der Waals surface area contributed by atoms with Crippen molar-refractivity contribution in [2.24, 2.45) is 0 Å². The molecule has 3 N–H and O–H groups in total. The molecule has 0 saturated heterocycles. The second-order valence-electron chi connectivity index (χ2n) is 4.47. The minimum absolute atomic E-state index is 0.552. The third-order valence-corrected chi connectivity index (χ3v) is 4.21. The Hall–Kier alpha value is -1.71. The summed E-state index contributed by atoms with van der Waals surface area (Å²) in [7, 11) is 0. The fourth-order valence-corrected chi connectivity index (χ4v) is 2.81. The molecular weight excluding hydrogens is 336 g/mol. The Morgan fingerprint density at radius 1 is 0.850 bits per heavy atom. The molecule has 0 fully saturated rings. The number of benzene rings is 3. The van der Waals surface area contributed by atoms with Crippen LogP contribution in [-0.2, 0) is 0 Å². The fourth-order valence-electron chi connectivity index (χ4n) is 2.16. The van der Waals surface area contributed by atoms with E-state index in [9.17, 15) is 0 Å². The highest BCUT2D eigenvalue weighted by Gasteiger charge is 2.07. The number of rotatable bonds is 2. The van der Waals surface area contributed by atoms with Gasteiger partial charge in [0.1, 0.15) is 0 Å². The molecule has 0 unspecified atom stereocenters. The molecule has 0 atom stereocenters. The number of halogens is 2. The fraction of sp³-hybridized carbons (Fsp3) is 0. The van der Waals surface area contributed by atoms with E-state index in [1.54, 1.807) is 6.07 Å². The predicted molar refractivity (Wildman–Crippen MR) is 90.8 cm³/mol. The molecule has 2 nitrogen and oxygen atoms in total. The molecule has 100 valence electrons. The number of fused-ring (bicyclic) bond motifs is 1. The lowest BCUT2D eigenvalue weighted by molar-refractivity contribution is 1.56. The van der Waals surface area contributed by atoms with Crippen molar-refractivity contribution in [2.75, 3.05) is 11.1 Å². The minimum atomic E-state index is 0.552. The van der Waals surface area contributed by atoms with Crippen molar-refractivity contribution < 1.29 is 0 Å². The largest absolute Gasteiger partial charge is 0.396 e. The molecule has 3 aromatic rings. The Balaban J connectivity index is 2.12. The first kappa shape index (κ1) is 13.3. The van der Waals surface area contributed by atoms with E-state index in [-0.39, 0.29) is 0 Å². The van der Waals surface area contributed by atoms with E-state index in [0.29, 0.717) is 10.7 Å². The van der Waals surface area contributed by atoms with Crippen LogP contribution in [0.1, 0.15) is 0 Å². The second kappa shape index (κ2) is 5.35. The number of anilines is 3. The molecule has 0 heterocycles. The average molecular weight is 348 g/mol. The molecule has 0 aliphatic rings. The summed E-state index contributed by atoms with van der Waals surface area (Å²) in [4.78, 5) is 0. The molecule has 0 radical (unpaired) electrons. The maximum absolute atomic E-state index is 6.05. The van der Waals surface area contributed by atoms with Gasteiger partial charge < -0.3 is 11.1 Å². The van der Waals surface area contributed by atoms with Crippen LogP contribution in [0.3, 0.4) is 0 Å². The van der Waals surface area contributed by atoms with Crippen LogP contribution in [-0.4, -0.2) is 0 Å². The molecular formula is C16H12BrClN2. The number of nitrogens with two attached hydrogens (primary N) is 1. The van der Waals surface area contributed by atoms with Gasteiger partial charge >= 0.3 is 0 Å². The lowest BCUT2D eigenvalue weighted by Crippen LogP contribution is -1.97. The van der Waals surface area contributed by atoms with Crippen LogP contribution in [0.4, 0.5) is 17.1 Å². The maximum Gasteiger partial charge on any atom is 0.0742 e. The topological polar surface area (TPSA) is 38.0 Å². The smallest absolute Gasteiger partial charge is 0.0742 e. The first-order valence-electron chi connectivity index (χ1n) is 6.15. The van der Waals surface area contributed by atoms with Gasteiger partial charge in [0.25, 0.3) is 0 Å². The van der Waals surface area contributed by atoms with Crippen molar-refractivity contribution in [1.29, 1.82) is 0 Å². The summed E-state index contributed by atoms with van der Waals surface area (Å²) < 4.78 is 1.07. The normalized spacial score (nSPS) is 10.7. The van der Waals surface area contributed by atoms with Crippen LogP contribution >= 0.6 is 27.5 Å². The Bertz CT molecular complexity index is 787. The zero-order valence-corrected chi connectivity index (χ0v) is 12.9. The Labute approximate surface area is 130 Å². The van der Waals surface area contributed by atoms with Gasteiger partial charge in [0.15, 0.2) is 0 Å². The lowest BCUT2D eigenvalue weighted by atomic mass is 10.1. The van der Waals surface area contributed by atoms with Crippen LogP contribution < -0.4 is 11.1 Å². The van der Waals surface area contributed by atoms with E-state index in [2.05, 4.69) is 33.4 Å². The highest BCUT2D eigenvalue weighted by Crippen LogP contribution is 2.34. The third-order valence-electron chi connectivity index (χ3n) is 3.19. The summed E-state index contributed by atoms with van der Waals surface area (Å²) in [5, 5.41) is 6.18. The maximum atomic E-state index is 6.05. The van der Waals surface area contributed by atoms with E-state index < -0.39 is 0 Å². The number of nitrogens with one attached hydrogen (secondary N) is 1. The van der Waals surface area contributed by atoms with E-state index >= 15 is 0 Å². The SMILES string of the molecule is Nc1c(Cl)cccc1Nc1ccc(Br)c2ccccc12. The first-order chi connectivity index (χ1) is 9.66. The van der Waals surface area contributed by atoms with Gasteiger partial charge in [-0.05, 0) is 29.7 Å². The van der Waals surface area contributed by atoms with E-state index in [0.717, 1.165) is 26.6 Å². The number of hydrogen-bond acceptors (Lipinski definition) is 2. The van der Waals surface area contributed by atoms with Crippen molar-refractivity contribution in [3.63, 3.8) is 0 Å². The van der Waals surface area contributed by atoms with E-state index in [1.165, 1.54) is 0 Å². The van der Waals surface area contributed by atoms with Gasteiger partial charge in [0.2, 0.25) is 0 Å². The Morgan fingerprint density at radius 3 is 2.40 bits per heavy atom. The molecule has 3 rings (SSSR count). The Morgan fingerprint density at radius 2 is 1.60 bits per heavy atom. The zero-order chi connectivity index (χ0) is 14.1. The molecule has 0 amide bonds. The van der Waals surface area contributed by atoms with Gasteiger partial charge in [-0.1, -0.05) is 57.9 Å². The van der Waals surface area contributed by atoms with Crippen LogP contribution in [0.25, 0.3) is 10.8 Å². The summed E-state index contributed by atoms with van der Waals surface area (Å²) in [6.45, 7) is 0. The molecule has 4 heteroatoms. The van der Waals surface area contributed by atoms with E-state index in [1.807, 2.05) is 36.4 Å². The lowest BCUT2D eigenvalue weighted by Gasteiger charge is -2.13. The highest BCUT2D eigenvalue weighted by molar-refractivity contribution is 9.10. The number of nitrogen functional groups attached to an aromatic ring is 1. The van der Waals surface area contributed by atoms with E-state index in [4.69, 9.17) is 17.3 Å². The molecule has 0 aromatic heterocycles. The summed E-state index contributed by atoms with van der Waals surface area (Å²) in [5.41, 5.74) is 8.37. The zero-order valence-electron chi connectivity index (χ0n) is 10.5. The van der Waals surface area contributed by atoms with Crippen molar-refractivity contribution in [2.45, 2.75) is 0 Å². The predicted octanol–water partition coefficient (Wildman–Crippen LogP) is 5.58. The van der Waals surface area contributed by atoms with Crippen LogP contribution in [0, 0.1) is 0 Å². The molecule has 0 spiro atoms. The summed E-state index contributed by atoms with van der Waals surface area (Å²) in [6, 6.07) is 17.8. The molecule has 0 aliphatic heterocycles. The monoisotopic (exact) mass is 346 g/mol. The molecule has 0 bridgehead atoms. The summed E-state index contributed by atoms with van der Waals surface area (Å²) in [5.74, 6) is 0. The summed E-state index contributed by atoms with van der Waals surface area (Å²) in [6.07, 6.45) is 0. The van der Waals surface area contributed by atoms with Crippen LogP contribution in [0.15, 0.2) is 59.1 Å². The van der Waals surface area contributed by atoms with Crippen molar-refractivity contribution in [3.8, 4) is 0 Å². The minimum Gasteiger partial charge on any atom is -0.396 e. The van der Waals surface area contributed by atoms with Gasteiger partial charge in [-0.2, -0.15) is 0 Å². The Kier molecular flexibility index (Phi) is 3.55. The van der Waals surface area contributed by atoms with Crippen LogP contribution in [0.5, 0.6) is 0 Å². The molecule has 0 aliphatic carbocycles. The van der Waals surface area contributed by atoms with Gasteiger partial charge in [-0.3, -0.25) is 0 Å². The average Bonchev–Trinajstić information content (AvgIpc) is 2.47. The van der Waals surface area contributed by atoms with Crippen molar-refractivity contribution >= 4 is 55.4 Å². The molecule has 0 saturated carbocycles. The molecule has 3 aromatic carbocycles. The highest BCUT2D eigenvalue weighted by atomic mass is 79.9. The van der Waals surface area contributed by atoms with Gasteiger partial charge in [0.05, 0.1) is 16.4 Å².